The minimum absolute atomic E-state index is 0.0386. The molecule has 0 aliphatic carbocycles. The van der Waals surface area contributed by atoms with Gasteiger partial charge in [0.2, 0.25) is 5.95 Å². The lowest BCUT2D eigenvalue weighted by Gasteiger charge is -2.39. The van der Waals surface area contributed by atoms with Crippen molar-refractivity contribution in [3.8, 4) is 5.75 Å². The highest BCUT2D eigenvalue weighted by Crippen LogP contribution is 2.47. The summed E-state index contributed by atoms with van der Waals surface area (Å²) in [4.78, 5) is 24.2. The lowest BCUT2D eigenvalue weighted by Crippen LogP contribution is -2.54. The Balaban J connectivity index is 1.19. The van der Waals surface area contributed by atoms with Crippen LogP contribution in [0.1, 0.15) is 32.4 Å². The number of halogens is 2. The van der Waals surface area contributed by atoms with Gasteiger partial charge >= 0.3 is 0 Å². The molecule has 1 aromatic heterocycles. The van der Waals surface area contributed by atoms with Crippen molar-refractivity contribution in [2.24, 2.45) is 5.73 Å². The molecule has 38 heavy (non-hydrogen) atoms. The molecule has 0 bridgehead atoms. The molecule has 0 spiro atoms. The van der Waals surface area contributed by atoms with E-state index in [4.69, 9.17) is 52.9 Å². The van der Waals surface area contributed by atoms with Gasteiger partial charge in [0, 0.05) is 12.6 Å². The molecule has 0 radical (unpaired) electrons. The van der Waals surface area contributed by atoms with Gasteiger partial charge in [0.05, 0.1) is 58.9 Å². The van der Waals surface area contributed by atoms with Crippen molar-refractivity contribution in [1.82, 2.24) is 15.3 Å². The van der Waals surface area contributed by atoms with Gasteiger partial charge < -0.3 is 40.2 Å². The Labute approximate surface area is 230 Å². The van der Waals surface area contributed by atoms with Crippen LogP contribution in [0.25, 0.3) is 0 Å². The molecule has 6 atom stereocenters. The number of carbonyl (C=O) groups excluding carboxylic acids is 1. The molecule has 11 nitrogen and oxygen atoms in total. The molecule has 4 N–H and O–H groups in total. The topological polar surface area (TPSA) is 133 Å². The van der Waals surface area contributed by atoms with E-state index in [0.717, 1.165) is 11.4 Å². The zero-order valence-corrected chi connectivity index (χ0v) is 22.7. The van der Waals surface area contributed by atoms with Crippen molar-refractivity contribution in [3.05, 3.63) is 40.1 Å². The van der Waals surface area contributed by atoms with Gasteiger partial charge in [0.15, 0.2) is 11.9 Å². The van der Waals surface area contributed by atoms with Gasteiger partial charge in [0.1, 0.15) is 24.1 Å². The Morgan fingerprint density at radius 2 is 2.00 bits per heavy atom. The Morgan fingerprint density at radius 3 is 2.74 bits per heavy atom. The summed E-state index contributed by atoms with van der Waals surface area (Å²) in [5.74, 6) is -0.231. The lowest BCUT2D eigenvalue weighted by molar-refractivity contribution is -0.191. The fourth-order valence-corrected chi connectivity index (χ4v) is 5.81. The number of fused-ring (bicyclic) bond motifs is 2. The maximum Gasteiger partial charge on any atom is 0.251 e. The van der Waals surface area contributed by atoms with Crippen molar-refractivity contribution in [3.63, 3.8) is 0 Å². The number of anilines is 2. The molecule has 13 heteroatoms. The van der Waals surface area contributed by atoms with E-state index in [1.807, 2.05) is 25.7 Å². The Bertz CT molecular complexity index is 1240. The first-order valence-electron chi connectivity index (χ1n) is 12.7. The number of benzene rings is 1. The van der Waals surface area contributed by atoms with Crippen molar-refractivity contribution >= 4 is 40.7 Å². The highest BCUT2D eigenvalue weighted by molar-refractivity contribution is 6.42. The van der Waals surface area contributed by atoms with Gasteiger partial charge in [0.25, 0.3) is 5.91 Å². The number of nitrogens with two attached hydrogens (primary N) is 1. The summed E-state index contributed by atoms with van der Waals surface area (Å²) in [6, 6.07) is 5.20. The van der Waals surface area contributed by atoms with E-state index in [0.29, 0.717) is 41.4 Å². The second-order valence-electron chi connectivity index (χ2n) is 10.4. The maximum absolute atomic E-state index is 12.8. The Morgan fingerprint density at radius 1 is 1.24 bits per heavy atom. The number of nitrogens with one attached hydrogen (secondary N) is 2. The molecule has 4 aliphatic heterocycles. The van der Waals surface area contributed by atoms with E-state index in [1.54, 1.807) is 24.4 Å². The molecule has 0 saturated carbocycles. The molecule has 4 aliphatic rings. The summed E-state index contributed by atoms with van der Waals surface area (Å²) in [6.07, 6.45) is -1.18. The summed E-state index contributed by atoms with van der Waals surface area (Å²) >= 11 is 12.1. The first-order chi connectivity index (χ1) is 18.1. The number of carbonyl (C=O) groups is 1. The number of hydrogen-bond acceptors (Lipinski definition) is 10. The van der Waals surface area contributed by atoms with E-state index < -0.39 is 36.4 Å². The van der Waals surface area contributed by atoms with Crippen LogP contribution < -0.4 is 26.0 Å². The number of aromatic nitrogens is 2. The molecule has 5 heterocycles. The van der Waals surface area contributed by atoms with Gasteiger partial charge in [-0.05, 0) is 32.9 Å². The van der Waals surface area contributed by atoms with E-state index in [2.05, 4.69) is 15.6 Å². The molecule has 204 valence electrons. The van der Waals surface area contributed by atoms with Crippen molar-refractivity contribution < 1.29 is 23.7 Å². The zero-order valence-electron chi connectivity index (χ0n) is 21.2. The van der Waals surface area contributed by atoms with Gasteiger partial charge in [-0.1, -0.05) is 23.2 Å². The van der Waals surface area contributed by atoms with Crippen LogP contribution in [0, 0.1) is 0 Å². The van der Waals surface area contributed by atoms with Crippen molar-refractivity contribution in [2.75, 3.05) is 29.9 Å². The predicted octanol–water partition coefficient (Wildman–Crippen LogP) is 2.27. The normalized spacial score (nSPS) is 31.4. The number of likely N-dealkylation sites (N-methyl/N-ethyl adjacent to an activating group) is 1. The smallest absolute Gasteiger partial charge is 0.251 e. The predicted molar refractivity (Wildman–Crippen MR) is 141 cm³/mol. The standard InChI is InChI=1S/C25H30Cl2N6O5/c1-4-29-23(34)21-20-19(37-25(2,3)38-20)18(36-21)16-17-15(31-22(16)28)8-30-24(32-17)33-9-12(10-33)35-11-5-6-13(26)14(27)7-11/h5-8,12,16,18-22,31H,4,9-10,28H2,1-3H3,(H,29,34)/t16?,18-,19-,20+,21+,22?/m1/s1. The molecular formula is C25H30Cl2N6O5. The third-order valence-electron chi connectivity index (χ3n) is 7.21. The van der Waals surface area contributed by atoms with Crippen LogP contribution in [-0.2, 0) is 19.0 Å². The van der Waals surface area contributed by atoms with Gasteiger partial charge in [-0.15, -0.1) is 0 Å². The average Bonchev–Trinajstić information content (AvgIpc) is 3.45. The Kier molecular flexibility index (Phi) is 6.56. The van der Waals surface area contributed by atoms with Crippen molar-refractivity contribution in [2.45, 2.75) is 69.2 Å². The summed E-state index contributed by atoms with van der Waals surface area (Å²) < 4.78 is 24.6. The van der Waals surface area contributed by atoms with E-state index in [9.17, 15) is 4.79 Å². The van der Waals surface area contributed by atoms with Crippen LogP contribution in [0.3, 0.4) is 0 Å². The maximum atomic E-state index is 12.8. The van der Waals surface area contributed by atoms with E-state index >= 15 is 0 Å². The van der Waals surface area contributed by atoms with Crippen molar-refractivity contribution in [1.29, 1.82) is 0 Å². The molecule has 2 aromatic rings. The molecule has 3 saturated heterocycles. The molecule has 6 rings (SSSR count). The second-order valence-corrected chi connectivity index (χ2v) is 11.2. The largest absolute Gasteiger partial charge is 0.487 e. The zero-order chi connectivity index (χ0) is 26.8. The molecule has 1 amide bonds. The van der Waals surface area contributed by atoms with E-state index in [-0.39, 0.29) is 17.9 Å². The number of nitrogens with zero attached hydrogens (tertiary/aromatic N) is 3. The van der Waals surface area contributed by atoms with Crippen LogP contribution in [0.5, 0.6) is 5.75 Å². The highest BCUT2D eigenvalue weighted by Gasteiger charge is 2.61. The minimum Gasteiger partial charge on any atom is -0.487 e. The van der Waals surface area contributed by atoms with Crippen LogP contribution in [-0.4, -0.2) is 78.0 Å². The first-order valence-corrected chi connectivity index (χ1v) is 13.4. The average molecular weight is 565 g/mol. The van der Waals surface area contributed by atoms with Gasteiger partial charge in [-0.2, -0.15) is 0 Å². The molecule has 1 aromatic carbocycles. The fraction of sp³-hybridized carbons (Fsp3) is 0.560. The van der Waals surface area contributed by atoms with Crippen LogP contribution in [0.4, 0.5) is 11.6 Å². The summed E-state index contributed by atoms with van der Waals surface area (Å²) in [6.45, 7) is 7.23. The Hall–Kier alpha value is -2.41. The van der Waals surface area contributed by atoms with Gasteiger partial charge in [-0.25, -0.2) is 9.97 Å². The minimum atomic E-state index is -0.848. The SMILES string of the molecule is CCNC(=O)[C@H]1O[C@H](C2c3nc(N4CC(Oc5ccc(Cl)c(Cl)c5)C4)ncc3NC2N)[C@H]2OC(C)(C)O[C@@H]21. The number of hydrogen-bond donors (Lipinski definition) is 3. The van der Waals surface area contributed by atoms with Crippen LogP contribution in [0.15, 0.2) is 24.4 Å². The van der Waals surface area contributed by atoms with Gasteiger partial charge in [-0.3, -0.25) is 4.79 Å². The third kappa shape index (κ3) is 4.55. The lowest BCUT2D eigenvalue weighted by atomic mass is 9.92. The monoisotopic (exact) mass is 564 g/mol. The fourth-order valence-electron chi connectivity index (χ4n) is 5.53. The first kappa shape index (κ1) is 25.8. The third-order valence-corrected chi connectivity index (χ3v) is 7.95. The molecular weight excluding hydrogens is 535 g/mol. The molecule has 3 fully saturated rings. The number of ether oxygens (including phenoxy) is 4. The van der Waals surface area contributed by atoms with Crippen LogP contribution in [0.2, 0.25) is 10.0 Å². The number of amides is 1. The summed E-state index contributed by atoms with van der Waals surface area (Å²) in [7, 11) is 0. The summed E-state index contributed by atoms with van der Waals surface area (Å²) in [5.41, 5.74) is 7.99. The highest BCUT2D eigenvalue weighted by atomic mass is 35.5. The molecule has 2 unspecified atom stereocenters. The quantitative estimate of drug-likeness (QED) is 0.479. The second kappa shape index (κ2) is 9.65. The van der Waals surface area contributed by atoms with E-state index in [1.165, 1.54) is 0 Å². The van der Waals surface area contributed by atoms with Crippen LogP contribution >= 0.6 is 23.2 Å². The number of rotatable bonds is 6. The summed E-state index contributed by atoms with van der Waals surface area (Å²) in [5, 5.41) is 7.02.